The summed E-state index contributed by atoms with van der Waals surface area (Å²) in [5.74, 6) is -1.11. The van der Waals surface area contributed by atoms with Crippen molar-refractivity contribution in [2.45, 2.75) is 31.7 Å². The molecule has 0 saturated heterocycles. The number of carbonyl (C=O) groups is 1. The normalized spacial score (nSPS) is 11.8. The zero-order valence-corrected chi connectivity index (χ0v) is 16.5. The molecule has 0 radical (unpaired) electrons. The first-order valence-corrected chi connectivity index (χ1v) is 9.71. The molecule has 140 valence electrons. The Kier molecular flexibility index (Phi) is 6.05. The van der Waals surface area contributed by atoms with Gasteiger partial charge in [0.15, 0.2) is 0 Å². The number of amides is 1. The molecule has 0 fully saturated rings. The minimum absolute atomic E-state index is 0.00596. The van der Waals surface area contributed by atoms with Crippen LogP contribution in [-0.4, -0.2) is 31.7 Å². The van der Waals surface area contributed by atoms with Crippen LogP contribution in [0.2, 0.25) is 5.02 Å². The van der Waals surface area contributed by atoms with E-state index in [1.807, 2.05) is 0 Å². The van der Waals surface area contributed by atoms with Crippen molar-refractivity contribution in [2.75, 3.05) is 12.4 Å². The molecule has 0 atom stereocenters. The van der Waals surface area contributed by atoms with E-state index in [0.717, 1.165) is 0 Å². The lowest BCUT2D eigenvalue weighted by Crippen LogP contribution is -2.33. The second kappa shape index (κ2) is 7.73. The van der Waals surface area contributed by atoms with Crippen LogP contribution >= 0.6 is 11.6 Å². The van der Waals surface area contributed by atoms with Gasteiger partial charge in [0.25, 0.3) is 5.91 Å². The number of sulfonamides is 1. The summed E-state index contributed by atoms with van der Waals surface area (Å²) >= 11 is 6.08. The van der Waals surface area contributed by atoms with Crippen molar-refractivity contribution >= 4 is 33.2 Å². The van der Waals surface area contributed by atoms with E-state index in [2.05, 4.69) is 5.32 Å². The maximum absolute atomic E-state index is 13.4. The molecule has 0 spiro atoms. The number of benzene rings is 2. The highest BCUT2D eigenvalue weighted by molar-refractivity contribution is 7.89. The molecule has 8 heteroatoms. The second-order valence-electron chi connectivity index (χ2n) is 6.17. The average Bonchev–Trinajstić information content (AvgIpc) is 2.57. The van der Waals surface area contributed by atoms with E-state index in [1.54, 1.807) is 20.8 Å². The molecule has 0 bridgehead atoms. The van der Waals surface area contributed by atoms with Crippen LogP contribution in [0.25, 0.3) is 0 Å². The van der Waals surface area contributed by atoms with Gasteiger partial charge < -0.3 is 5.32 Å². The minimum Gasteiger partial charge on any atom is -0.322 e. The van der Waals surface area contributed by atoms with Crippen molar-refractivity contribution in [1.82, 2.24) is 4.31 Å². The topological polar surface area (TPSA) is 66.5 Å². The van der Waals surface area contributed by atoms with E-state index in [-0.39, 0.29) is 21.5 Å². The molecule has 5 nitrogen and oxygen atoms in total. The van der Waals surface area contributed by atoms with Crippen molar-refractivity contribution in [3.8, 4) is 0 Å². The zero-order valence-electron chi connectivity index (χ0n) is 14.9. The molecule has 2 aromatic rings. The molecule has 2 aromatic carbocycles. The standard InChI is InChI=1S/C18H20ClFN2O3S/c1-11(2)22(4)26(24,25)14-7-8-16(19)15(10-14)18(23)21-17-9-13(20)6-5-12(17)3/h5-11H,1-4H3,(H,21,23). The van der Waals surface area contributed by atoms with Gasteiger partial charge in [0.1, 0.15) is 5.82 Å². The summed E-state index contributed by atoms with van der Waals surface area (Å²) in [7, 11) is -2.30. The lowest BCUT2D eigenvalue weighted by Gasteiger charge is -2.21. The smallest absolute Gasteiger partial charge is 0.257 e. The van der Waals surface area contributed by atoms with E-state index in [4.69, 9.17) is 11.6 Å². The summed E-state index contributed by atoms with van der Waals surface area (Å²) in [4.78, 5) is 12.5. The van der Waals surface area contributed by atoms with Crippen LogP contribution in [0.1, 0.15) is 29.8 Å². The van der Waals surface area contributed by atoms with Crippen molar-refractivity contribution in [2.24, 2.45) is 0 Å². The van der Waals surface area contributed by atoms with E-state index < -0.39 is 21.7 Å². The van der Waals surface area contributed by atoms with Gasteiger partial charge in [0, 0.05) is 18.8 Å². The number of hydrogen-bond donors (Lipinski definition) is 1. The first-order chi connectivity index (χ1) is 12.0. The number of nitrogens with one attached hydrogen (secondary N) is 1. The van der Waals surface area contributed by atoms with Gasteiger partial charge in [0.2, 0.25) is 10.0 Å². The fourth-order valence-corrected chi connectivity index (χ4v) is 3.80. The molecule has 0 aliphatic carbocycles. The highest BCUT2D eigenvalue weighted by Crippen LogP contribution is 2.25. The van der Waals surface area contributed by atoms with Gasteiger partial charge in [-0.1, -0.05) is 17.7 Å². The van der Waals surface area contributed by atoms with Gasteiger partial charge in [0.05, 0.1) is 15.5 Å². The largest absolute Gasteiger partial charge is 0.322 e. The van der Waals surface area contributed by atoms with Crippen molar-refractivity contribution in [1.29, 1.82) is 0 Å². The van der Waals surface area contributed by atoms with E-state index >= 15 is 0 Å². The Balaban J connectivity index is 2.41. The maximum Gasteiger partial charge on any atom is 0.257 e. The average molecular weight is 399 g/mol. The monoisotopic (exact) mass is 398 g/mol. The lowest BCUT2D eigenvalue weighted by molar-refractivity contribution is 0.102. The lowest BCUT2D eigenvalue weighted by atomic mass is 10.1. The summed E-state index contributed by atoms with van der Waals surface area (Å²) in [6.07, 6.45) is 0. The Bertz CT molecular complexity index is 945. The molecule has 0 aliphatic heterocycles. The van der Waals surface area contributed by atoms with Crippen LogP contribution in [0.5, 0.6) is 0 Å². The minimum atomic E-state index is -3.76. The Hall–Kier alpha value is -1.96. The van der Waals surface area contributed by atoms with Gasteiger partial charge in [-0.15, -0.1) is 0 Å². The van der Waals surface area contributed by atoms with Gasteiger partial charge in [-0.05, 0) is 56.7 Å². The predicted octanol–water partition coefficient (Wildman–Crippen LogP) is 4.07. The molecule has 1 N–H and O–H groups in total. The van der Waals surface area contributed by atoms with Gasteiger partial charge in [-0.2, -0.15) is 4.31 Å². The number of rotatable bonds is 5. The Morgan fingerprint density at radius 3 is 2.46 bits per heavy atom. The van der Waals surface area contributed by atoms with Crippen LogP contribution in [0.4, 0.5) is 10.1 Å². The quantitative estimate of drug-likeness (QED) is 0.825. The number of aryl methyl sites for hydroxylation is 1. The SMILES string of the molecule is Cc1ccc(F)cc1NC(=O)c1cc(S(=O)(=O)N(C)C(C)C)ccc1Cl. The molecule has 0 aliphatic rings. The molecular formula is C18H20ClFN2O3S. The van der Waals surface area contributed by atoms with Crippen LogP contribution < -0.4 is 5.32 Å². The Morgan fingerprint density at radius 2 is 1.85 bits per heavy atom. The molecule has 0 aromatic heterocycles. The maximum atomic E-state index is 13.4. The van der Waals surface area contributed by atoms with Crippen molar-refractivity contribution in [3.05, 3.63) is 58.4 Å². The fraction of sp³-hybridized carbons (Fsp3) is 0.278. The summed E-state index contributed by atoms with van der Waals surface area (Å²) in [6.45, 7) is 5.21. The summed E-state index contributed by atoms with van der Waals surface area (Å²) in [6, 6.07) is 7.69. The van der Waals surface area contributed by atoms with Gasteiger partial charge >= 0.3 is 0 Å². The summed E-state index contributed by atoms with van der Waals surface area (Å²) in [5.41, 5.74) is 0.950. The second-order valence-corrected chi connectivity index (χ2v) is 8.57. The number of nitrogens with zero attached hydrogens (tertiary/aromatic N) is 1. The van der Waals surface area contributed by atoms with Crippen molar-refractivity contribution < 1.29 is 17.6 Å². The van der Waals surface area contributed by atoms with Crippen LogP contribution in [0.15, 0.2) is 41.3 Å². The van der Waals surface area contributed by atoms with Crippen LogP contribution in [0, 0.1) is 12.7 Å². The first-order valence-electron chi connectivity index (χ1n) is 7.89. The number of anilines is 1. The van der Waals surface area contributed by atoms with E-state index in [0.29, 0.717) is 11.3 Å². The van der Waals surface area contributed by atoms with Crippen LogP contribution in [0.3, 0.4) is 0 Å². The molecule has 0 unspecified atom stereocenters. The Labute approximate surface area is 157 Å². The molecule has 2 rings (SSSR count). The first kappa shape index (κ1) is 20.4. The molecule has 0 heterocycles. The van der Waals surface area contributed by atoms with Gasteiger partial charge in [-0.25, -0.2) is 12.8 Å². The number of halogens is 2. The molecule has 1 amide bonds. The van der Waals surface area contributed by atoms with Gasteiger partial charge in [-0.3, -0.25) is 4.79 Å². The molecule has 26 heavy (non-hydrogen) atoms. The predicted molar refractivity (Wildman–Crippen MR) is 101 cm³/mol. The highest BCUT2D eigenvalue weighted by atomic mass is 35.5. The number of hydrogen-bond acceptors (Lipinski definition) is 3. The van der Waals surface area contributed by atoms with Crippen molar-refractivity contribution in [3.63, 3.8) is 0 Å². The van der Waals surface area contributed by atoms with E-state index in [1.165, 1.54) is 47.8 Å². The fourth-order valence-electron chi connectivity index (χ4n) is 2.20. The summed E-state index contributed by atoms with van der Waals surface area (Å²) in [5, 5.41) is 2.67. The third kappa shape index (κ3) is 4.23. The Morgan fingerprint density at radius 1 is 1.19 bits per heavy atom. The molecular weight excluding hydrogens is 379 g/mol. The zero-order chi connectivity index (χ0) is 19.6. The third-order valence-electron chi connectivity index (χ3n) is 4.03. The van der Waals surface area contributed by atoms with Crippen LogP contribution in [-0.2, 0) is 10.0 Å². The van der Waals surface area contributed by atoms with E-state index in [9.17, 15) is 17.6 Å². The highest BCUT2D eigenvalue weighted by Gasteiger charge is 2.25. The molecule has 0 saturated carbocycles. The summed E-state index contributed by atoms with van der Waals surface area (Å²) < 4.78 is 39.8. The number of carbonyl (C=O) groups excluding carboxylic acids is 1. The third-order valence-corrected chi connectivity index (χ3v) is 6.39.